The van der Waals surface area contributed by atoms with E-state index in [4.69, 9.17) is 5.11 Å². The van der Waals surface area contributed by atoms with Crippen LogP contribution in [0.5, 0.6) is 0 Å². The van der Waals surface area contributed by atoms with Gasteiger partial charge in [-0.25, -0.2) is 0 Å². The molecular formula is C18H30N2O4. The van der Waals surface area contributed by atoms with Gasteiger partial charge in [-0.2, -0.15) is 0 Å². The van der Waals surface area contributed by atoms with Gasteiger partial charge in [0.15, 0.2) is 0 Å². The van der Waals surface area contributed by atoms with Crippen LogP contribution in [-0.2, 0) is 14.4 Å². The van der Waals surface area contributed by atoms with Crippen LogP contribution in [0.25, 0.3) is 0 Å². The van der Waals surface area contributed by atoms with Crippen molar-refractivity contribution in [2.24, 2.45) is 11.8 Å². The third-order valence-electron chi connectivity index (χ3n) is 5.30. The Kier molecular flexibility index (Phi) is 7.53. The number of hydrogen-bond acceptors (Lipinski definition) is 3. The van der Waals surface area contributed by atoms with Crippen molar-refractivity contribution in [1.82, 2.24) is 10.6 Å². The number of hydrogen-bond donors (Lipinski definition) is 3. The summed E-state index contributed by atoms with van der Waals surface area (Å²) in [6.07, 6.45) is 9.93. The van der Waals surface area contributed by atoms with E-state index in [9.17, 15) is 14.4 Å². The minimum Gasteiger partial charge on any atom is -0.481 e. The molecule has 2 amide bonds. The van der Waals surface area contributed by atoms with Gasteiger partial charge in [0.2, 0.25) is 11.8 Å². The molecule has 136 valence electrons. The van der Waals surface area contributed by atoms with Crippen molar-refractivity contribution in [3.63, 3.8) is 0 Å². The van der Waals surface area contributed by atoms with E-state index in [0.717, 1.165) is 25.7 Å². The van der Waals surface area contributed by atoms with Crippen LogP contribution in [-0.4, -0.2) is 35.5 Å². The van der Waals surface area contributed by atoms with Gasteiger partial charge in [0.05, 0.1) is 6.42 Å². The molecule has 2 aliphatic rings. The van der Waals surface area contributed by atoms with Crippen molar-refractivity contribution in [3.8, 4) is 0 Å². The fourth-order valence-corrected chi connectivity index (χ4v) is 3.88. The second-order valence-corrected chi connectivity index (χ2v) is 7.26. The molecule has 0 aliphatic heterocycles. The molecule has 0 heterocycles. The van der Waals surface area contributed by atoms with E-state index in [2.05, 4.69) is 10.6 Å². The van der Waals surface area contributed by atoms with E-state index in [1.807, 2.05) is 0 Å². The highest BCUT2D eigenvalue weighted by Gasteiger charge is 2.27. The summed E-state index contributed by atoms with van der Waals surface area (Å²) < 4.78 is 0. The molecule has 6 heteroatoms. The molecule has 0 saturated heterocycles. The second kappa shape index (κ2) is 9.64. The number of carboxylic acid groups (broad SMARTS) is 1. The Morgan fingerprint density at radius 1 is 0.917 bits per heavy atom. The van der Waals surface area contributed by atoms with Gasteiger partial charge in [0, 0.05) is 24.9 Å². The third-order valence-corrected chi connectivity index (χ3v) is 5.30. The smallest absolute Gasteiger partial charge is 0.305 e. The Bertz CT molecular complexity index is 438. The lowest BCUT2D eigenvalue weighted by Gasteiger charge is -2.29. The van der Waals surface area contributed by atoms with Gasteiger partial charge in [-0.1, -0.05) is 19.3 Å². The van der Waals surface area contributed by atoms with Gasteiger partial charge in [0.25, 0.3) is 0 Å². The van der Waals surface area contributed by atoms with Gasteiger partial charge in [-0.05, 0) is 44.4 Å². The number of nitrogens with one attached hydrogen (secondary N) is 2. The number of carbonyl (C=O) groups excluding carboxylic acids is 2. The lowest BCUT2D eigenvalue weighted by molar-refractivity contribution is -0.137. The molecule has 6 nitrogen and oxygen atoms in total. The van der Waals surface area contributed by atoms with E-state index >= 15 is 0 Å². The summed E-state index contributed by atoms with van der Waals surface area (Å²) in [5, 5.41) is 14.4. The summed E-state index contributed by atoms with van der Waals surface area (Å²) in [7, 11) is 0. The Morgan fingerprint density at radius 2 is 1.58 bits per heavy atom. The van der Waals surface area contributed by atoms with Crippen molar-refractivity contribution in [3.05, 3.63) is 0 Å². The molecule has 0 aromatic rings. The maximum absolute atomic E-state index is 12.2. The number of rotatable bonds is 7. The molecule has 0 aromatic heterocycles. The maximum atomic E-state index is 12.2. The largest absolute Gasteiger partial charge is 0.481 e. The predicted octanol–water partition coefficient (Wildman–Crippen LogP) is 2.22. The topological polar surface area (TPSA) is 95.5 Å². The Labute approximate surface area is 143 Å². The number of carboxylic acids is 1. The van der Waals surface area contributed by atoms with Crippen LogP contribution in [0.3, 0.4) is 0 Å². The van der Waals surface area contributed by atoms with Gasteiger partial charge in [0.1, 0.15) is 0 Å². The van der Waals surface area contributed by atoms with Crippen LogP contribution in [0.4, 0.5) is 0 Å². The molecule has 2 rings (SSSR count). The molecule has 0 spiro atoms. The van der Waals surface area contributed by atoms with E-state index in [0.29, 0.717) is 12.3 Å². The molecule has 0 radical (unpaired) electrons. The molecule has 2 aliphatic carbocycles. The quantitative estimate of drug-likeness (QED) is 0.663. The first kappa shape index (κ1) is 18.7. The van der Waals surface area contributed by atoms with Gasteiger partial charge in [-0.3, -0.25) is 14.4 Å². The second-order valence-electron chi connectivity index (χ2n) is 7.26. The number of aliphatic carboxylic acids is 1. The number of amides is 2. The van der Waals surface area contributed by atoms with Crippen LogP contribution >= 0.6 is 0 Å². The lowest BCUT2D eigenvalue weighted by Crippen LogP contribution is -2.41. The molecule has 3 N–H and O–H groups in total. The summed E-state index contributed by atoms with van der Waals surface area (Å²) in [6, 6.07) is 0.184. The molecule has 0 aromatic carbocycles. The van der Waals surface area contributed by atoms with Crippen molar-refractivity contribution >= 4 is 17.8 Å². The molecule has 0 bridgehead atoms. The zero-order valence-corrected chi connectivity index (χ0v) is 14.4. The van der Waals surface area contributed by atoms with E-state index in [-0.39, 0.29) is 36.7 Å². The fraction of sp³-hybridized carbons (Fsp3) is 0.833. The van der Waals surface area contributed by atoms with E-state index in [1.165, 1.54) is 32.1 Å². The Morgan fingerprint density at radius 3 is 2.21 bits per heavy atom. The first-order valence-electron chi connectivity index (χ1n) is 9.33. The van der Waals surface area contributed by atoms with Gasteiger partial charge >= 0.3 is 5.97 Å². The molecule has 0 unspecified atom stereocenters. The van der Waals surface area contributed by atoms with Gasteiger partial charge in [-0.15, -0.1) is 0 Å². The standard InChI is InChI=1S/C18H30N2O4/c21-16(12-13-4-2-1-3-5-13)20-15-8-6-14(7-9-15)18(24)19-11-10-17(22)23/h13-15H,1-12H2,(H,19,24)(H,20,21)(H,22,23). The SMILES string of the molecule is O=C(O)CCNC(=O)C1CCC(NC(=O)CC2CCCCC2)CC1. The Hall–Kier alpha value is -1.59. The summed E-state index contributed by atoms with van der Waals surface area (Å²) in [5.41, 5.74) is 0. The molecule has 2 fully saturated rings. The molecule has 0 atom stereocenters. The van der Waals surface area contributed by atoms with Crippen LogP contribution in [0.15, 0.2) is 0 Å². The average Bonchev–Trinajstić information content (AvgIpc) is 2.56. The summed E-state index contributed by atoms with van der Waals surface area (Å²) in [4.78, 5) is 34.6. The van der Waals surface area contributed by atoms with Crippen LogP contribution in [0.1, 0.15) is 70.6 Å². The highest BCUT2D eigenvalue weighted by atomic mass is 16.4. The van der Waals surface area contributed by atoms with Crippen molar-refractivity contribution in [1.29, 1.82) is 0 Å². The summed E-state index contributed by atoms with van der Waals surface area (Å²) in [6.45, 7) is 0.187. The summed E-state index contributed by atoms with van der Waals surface area (Å²) in [5.74, 6) is -0.292. The van der Waals surface area contributed by atoms with E-state index < -0.39 is 5.97 Å². The predicted molar refractivity (Wildman–Crippen MR) is 90.3 cm³/mol. The maximum Gasteiger partial charge on any atom is 0.305 e. The van der Waals surface area contributed by atoms with E-state index in [1.54, 1.807) is 0 Å². The highest BCUT2D eigenvalue weighted by molar-refractivity contribution is 5.79. The zero-order valence-electron chi connectivity index (χ0n) is 14.4. The van der Waals surface area contributed by atoms with Crippen LogP contribution in [0.2, 0.25) is 0 Å². The van der Waals surface area contributed by atoms with Crippen molar-refractivity contribution in [2.45, 2.75) is 76.7 Å². The Balaban J connectivity index is 1.62. The first-order valence-corrected chi connectivity index (χ1v) is 9.33. The highest BCUT2D eigenvalue weighted by Crippen LogP contribution is 2.27. The average molecular weight is 338 g/mol. The minimum absolute atomic E-state index is 0.0433. The lowest BCUT2D eigenvalue weighted by atomic mass is 9.84. The summed E-state index contributed by atoms with van der Waals surface area (Å²) >= 11 is 0. The van der Waals surface area contributed by atoms with Crippen molar-refractivity contribution < 1.29 is 19.5 Å². The van der Waals surface area contributed by atoms with Crippen molar-refractivity contribution in [2.75, 3.05) is 6.54 Å². The third kappa shape index (κ3) is 6.49. The normalized spacial score (nSPS) is 25.0. The van der Waals surface area contributed by atoms with Crippen LogP contribution in [0, 0.1) is 11.8 Å². The van der Waals surface area contributed by atoms with Gasteiger partial charge < -0.3 is 15.7 Å². The van der Waals surface area contributed by atoms with Crippen LogP contribution < -0.4 is 10.6 Å². The minimum atomic E-state index is -0.903. The fourth-order valence-electron chi connectivity index (χ4n) is 3.88. The zero-order chi connectivity index (χ0) is 17.4. The number of carbonyl (C=O) groups is 3. The first-order chi connectivity index (χ1) is 11.5. The monoisotopic (exact) mass is 338 g/mol. The molecular weight excluding hydrogens is 308 g/mol. The molecule has 2 saturated carbocycles. The molecule has 24 heavy (non-hydrogen) atoms.